The number of aryl methyl sites for hydroxylation is 1. The molecule has 0 atom stereocenters. The summed E-state index contributed by atoms with van der Waals surface area (Å²) < 4.78 is 0. The number of hydrogen-bond donors (Lipinski definition) is 1. The SMILES string of the molecule is C=CCNc1nc(C)cc(N(CC)c2ccccc2)n1. The van der Waals surface area contributed by atoms with Gasteiger partial charge < -0.3 is 10.2 Å². The quantitative estimate of drug-likeness (QED) is 0.814. The van der Waals surface area contributed by atoms with Crippen LogP contribution < -0.4 is 10.2 Å². The maximum Gasteiger partial charge on any atom is 0.225 e. The average molecular weight is 268 g/mol. The Bertz CT molecular complexity index is 566. The van der Waals surface area contributed by atoms with E-state index in [0.717, 1.165) is 23.7 Å². The van der Waals surface area contributed by atoms with Crippen LogP contribution in [-0.2, 0) is 0 Å². The molecule has 0 amide bonds. The van der Waals surface area contributed by atoms with E-state index < -0.39 is 0 Å². The van der Waals surface area contributed by atoms with Gasteiger partial charge in [0.15, 0.2) is 0 Å². The van der Waals surface area contributed by atoms with Crippen molar-refractivity contribution in [2.45, 2.75) is 13.8 Å². The monoisotopic (exact) mass is 268 g/mol. The Kier molecular flexibility index (Phi) is 4.71. The van der Waals surface area contributed by atoms with Gasteiger partial charge in [0.25, 0.3) is 0 Å². The molecule has 0 bridgehead atoms. The molecular formula is C16H20N4. The molecule has 1 aromatic heterocycles. The van der Waals surface area contributed by atoms with Crippen molar-refractivity contribution >= 4 is 17.5 Å². The lowest BCUT2D eigenvalue weighted by Crippen LogP contribution is -2.18. The van der Waals surface area contributed by atoms with Gasteiger partial charge in [0.2, 0.25) is 5.95 Å². The lowest BCUT2D eigenvalue weighted by Gasteiger charge is -2.22. The molecule has 0 aliphatic rings. The molecule has 2 aromatic rings. The van der Waals surface area contributed by atoms with Crippen LogP contribution in [0, 0.1) is 6.92 Å². The predicted octanol–water partition coefficient (Wildman–Crippen LogP) is 3.54. The molecule has 0 saturated heterocycles. The fourth-order valence-corrected chi connectivity index (χ4v) is 2.02. The highest BCUT2D eigenvalue weighted by Gasteiger charge is 2.10. The minimum Gasteiger partial charge on any atom is -0.351 e. The summed E-state index contributed by atoms with van der Waals surface area (Å²) in [4.78, 5) is 11.1. The van der Waals surface area contributed by atoms with Crippen LogP contribution in [0.2, 0.25) is 0 Å². The van der Waals surface area contributed by atoms with Gasteiger partial charge in [-0.2, -0.15) is 4.98 Å². The highest BCUT2D eigenvalue weighted by Crippen LogP contribution is 2.24. The van der Waals surface area contributed by atoms with Crippen LogP contribution >= 0.6 is 0 Å². The minimum absolute atomic E-state index is 0.634. The van der Waals surface area contributed by atoms with E-state index in [1.165, 1.54) is 0 Å². The summed E-state index contributed by atoms with van der Waals surface area (Å²) in [5, 5.41) is 3.14. The van der Waals surface area contributed by atoms with Gasteiger partial charge in [-0.05, 0) is 26.0 Å². The van der Waals surface area contributed by atoms with Crippen molar-refractivity contribution in [3.05, 3.63) is 54.7 Å². The van der Waals surface area contributed by atoms with E-state index in [2.05, 4.69) is 45.8 Å². The van der Waals surface area contributed by atoms with Crippen LogP contribution in [0.15, 0.2) is 49.1 Å². The zero-order valence-electron chi connectivity index (χ0n) is 12.0. The molecule has 0 unspecified atom stereocenters. The molecule has 0 aliphatic carbocycles. The number of nitrogens with one attached hydrogen (secondary N) is 1. The van der Waals surface area contributed by atoms with Crippen LogP contribution in [0.4, 0.5) is 17.5 Å². The Morgan fingerprint density at radius 1 is 1.25 bits per heavy atom. The molecule has 2 rings (SSSR count). The number of para-hydroxylation sites is 1. The zero-order chi connectivity index (χ0) is 14.4. The largest absolute Gasteiger partial charge is 0.351 e. The van der Waals surface area contributed by atoms with E-state index in [4.69, 9.17) is 0 Å². The van der Waals surface area contributed by atoms with Gasteiger partial charge >= 0.3 is 0 Å². The molecule has 1 aromatic carbocycles. The first-order valence-corrected chi connectivity index (χ1v) is 6.77. The summed E-state index contributed by atoms with van der Waals surface area (Å²) in [6.07, 6.45) is 1.79. The third-order valence-corrected chi connectivity index (χ3v) is 2.91. The third-order valence-electron chi connectivity index (χ3n) is 2.91. The Morgan fingerprint density at radius 2 is 2.00 bits per heavy atom. The Morgan fingerprint density at radius 3 is 2.65 bits per heavy atom. The molecule has 0 spiro atoms. The molecular weight excluding hydrogens is 248 g/mol. The van der Waals surface area contributed by atoms with Crippen LogP contribution in [0.3, 0.4) is 0 Å². The summed E-state index contributed by atoms with van der Waals surface area (Å²) in [7, 11) is 0. The molecule has 4 nitrogen and oxygen atoms in total. The summed E-state index contributed by atoms with van der Waals surface area (Å²) in [6.45, 7) is 9.28. The lowest BCUT2D eigenvalue weighted by atomic mass is 10.2. The highest BCUT2D eigenvalue weighted by atomic mass is 15.2. The van der Waals surface area contributed by atoms with E-state index in [9.17, 15) is 0 Å². The first-order valence-electron chi connectivity index (χ1n) is 6.77. The Hall–Kier alpha value is -2.36. The van der Waals surface area contributed by atoms with Gasteiger partial charge in [0.1, 0.15) is 5.82 Å². The number of rotatable bonds is 6. The maximum absolute atomic E-state index is 4.57. The number of nitrogens with zero attached hydrogens (tertiary/aromatic N) is 3. The van der Waals surface area contributed by atoms with Crippen molar-refractivity contribution < 1.29 is 0 Å². The van der Waals surface area contributed by atoms with Gasteiger partial charge in [0, 0.05) is 30.5 Å². The number of anilines is 3. The molecule has 104 valence electrons. The van der Waals surface area contributed by atoms with Crippen molar-refractivity contribution in [2.75, 3.05) is 23.3 Å². The number of benzene rings is 1. The Labute approximate surface area is 120 Å². The van der Waals surface area contributed by atoms with E-state index >= 15 is 0 Å². The molecule has 4 heteroatoms. The van der Waals surface area contributed by atoms with Crippen LogP contribution in [-0.4, -0.2) is 23.1 Å². The average Bonchev–Trinajstić information content (AvgIpc) is 2.46. The minimum atomic E-state index is 0.634. The normalized spacial score (nSPS) is 10.1. The molecule has 20 heavy (non-hydrogen) atoms. The van der Waals surface area contributed by atoms with Gasteiger partial charge in [-0.15, -0.1) is 6.58 Å². The number of hydrogen-bond acceptors (Lipinski definition) is 4. The zero-order valence-corrected chi connectivity index (χ0v) is 12.0. The highest BCUT2D eigenvalue weighted by molar-refractivity contribution is 5.61. The maximum atomic E-state index is 4.57. The summed E-state index contributed by atoms with van der Waals surface area (Å²) in [5.74, 6) is 1.53. The lowest BCUT2D eigenvalue weighted by molar-refractivity contribution is 0.964. The van der Waals surface area contributed by atoms with Gasteiger partial charge in [-0.1, -0.05) is 24.3 Å². The first kappa shape index (κ1) is 14.1. The molecule has 0 radical (unpaired) electrons. The van der Waals surface area contributed by atoms with Crippen molar-refractivity contribution in [2.24, 2.45) is 0 Å². The van der Waals surface area contributed by atoms with Crippen molar-refractivity contribution in [1.82, 2.24) is 9.97 Å². The molecule has 1 heterocycles. The Balaban J connectivity index is 2.34. The van der Waals surface area contributed by atoms with Crippen molar-refractivity contribution in [3.63, 3.8) is 0 Å². The fraction of sp³-hybridized carbons (Fsp3) is 0.250. The second-order valence-corrected chi connectivity index (χ2v) is 4.44. The molecule has 0 saturated carbocycles. The van der Waals surface area contributed by atoms with E-state index in [0.29, 0.717) is 12.5 Å². The van der Waals surface area contributed by atoms with Gasteiger partial charge in [-0.25, -0.2) is 4.98 Å². The topological polar surface area (TPSA) is 41.1 Å². The summed E-state index contributed by atoms with van der Waals surface area (Å²) in [6, 6.07) is 12.2. The van der Waals surface area contributed by atoms with E-state index in [1.54, 1.807) is 6.08 Å². The van der Waals surface area contributed by atoms with Crippen LogP contribution in [0.25, 0.3) is 0 Å². The predicted molar refractivity (Wildman–Crippen MR) is 84.6 cm³/mol. The molecule has 0 fully saturated rings. The summed E-state index contributed by atoms with van der Waals surface area (Å²) in [5.41, 5.74) is 2.07. The second kappa shape index (κ2) is 6.70. The standard InChI is InChI=1S/C16H20N4/c1-4-11-17-16-18-13(3)12-15(19-16)20(5-2)14-9-7-6-8-10-14/h4,6-10,12H,1,5,11H2,2-3H3,(H,17,18,19). The van der Waals surface area contributed by atoms with Crippen molar-refractivity contribution in [1.29, 1.82) is 0 Å². The first-order chi connectivity index (χ1) is 9.74. The van der Waals surface area contributed by atoms with Gasteiger partial charge in [0.05, 0.1) is 0 Å². The van der Waals surface area contributed by atoms with Crippen LogP contribution in [0.5, 0.6) is 0 Å². The molecule has 0 aliphatic heterocycles. The smallest absolute Gasteiger partial charge is 0.225 e. The van der Waals surface area contributed by atoms with E-state index in [-0.39, 0.29) is 0 Å². The van der Waals surface area contributed by atoms with Gasteiger partial charge in [-0.3, -0.25) is 0 Å². The molecule has 1 N–H and O–H groups in total. The summed E-state index contributed by atoms with van der Waals surface area (Å²) >= 11 is 0. The van der Waals surface area contributed by atoms with E-state index in [1.807, 2.05) is 31.2 Å². The second-order valence-electron chi connectivity index (χ2n) is 4.44. The fourth-order valence-electron chi connectivity index (χ4n) is 2.02. The third kappa shape index (κ3) is 3.35. The van der Waals surface area contributed by atoms with Crippen LogP contribution in [0.1, 0.15) is 12.6 Å². The number of aromatic nitrogens is 2. The van der Waals surface area contributed by atoms with Crippen molar-refractivity contribution in [3.8, 4) is 0 Å².